The molecule has 1 aliphatic carbocycles. The number of thiol groups is 1. The summed E-state index contributed by atoms with van der Waals surface area (Å²) < 4.78 is 12.3. The predicted octanol–water partition coefficient (Wildman–Crippen LogP) is 3.78. The molecule has 0 radical (unpaired) electrons. The number of halogens is 1. The van der Waals surface area contributed by atoms with Crippen LogP contribution in [-0.2, 0) is 4.74 Å². The number of esters is 1. The topological polar surface area (TPSA) is 66.2 Å². The van der Waals surface area contributed by atoms with Gasteiger partial charge in [0.25, 0.3) is 0 Å². The third-order valence-electron chi connectivity index (χ3n) is 4.30. The summed E-state index contributed by atoms with van der Waals surface area (Å²) in [6, 6.07) is 4.96. The predicted molar refractivity (Wildman–Crippen MR) is 97.6 cm³/mol. The van der Waals surface area contributed by atoms with E-state index in [1.54, 1.807) is 31.3 Å². The van der Waals surface area contributed by atoms with Crippen molar-refractivity contribution in [3.63, 3.8) is 0 Å². The lowest BCUT2D eigenvalue weighted by Crippen LogP contribution is -2.15. The first-order valence-electron chi connectivity index (χ1n) is 8.06. The molecule has 2 atom stereocenters. The van der Waals surface area contributed by atoms with Crippen molar-refractivity contribution in [2.45, 2.75) is 32.6 Å². The van der Waals surface area contributed by atoms with Gasteiger partial charge in [0, 0.05) is 18.2 Å². The van der Waals surface area contributed by atoms with Crippen LogP contribution in [0.25, 0.3) is 5.82 Å². The third kappa shape index (κ3) is 3.93. The lowest BCUT2D eigenvalue weighted by atomic mass is 10.1. The van der Waals surface area contributed by atoms with Crippen LogP contribution in [0.15, 0.2) is 24.4 Å². The second-order valence-electron chi connectivity index (χ2n) is 6.63. The number of carbonyl (C=O) groups is 1. The van der Waals surface area contributed by atoms with Gasteiger partial charge in [0.2, 0.25) is 5.88 Å². The molecule has 1 fully saturated rings. The molecule has 0 amide bonds. The Balaban J connectivity index is 1.72. The first-order chi connectivity index (χ1) is 11.8. The summed E-state index contributed by atoms with van der Waals surface area (Å²) in [5.41, 5.74) is 0.302. The first-order valence-corrected chi connectivity index (χ1v) is 8.95. The number of nitrogens with zero attached hydrogens (tertiary/aromatic N) is 3. The molecule has 3 rings (SSSR count). The Morgan fingerprint density at radius 2 is 2.20 bits per heavy atom. The van der Waals surface area contributed by atoms with Crippen molar-refractivity contribution in [2.75, 3.05) is 6.61 Å². The quantitative estimate of drug-likeness (QED) is 0.357. The Bertz CT molecular complexity index is 793. The van der Waals surface area contributed by atoms with Crippen LogP contribution >= 0.6 is 24.2 Å². The van der Waals surface area contributed by atoms with Gasteiger partial charge in [-0.1, -0.05) is 25.4 Å². The molecule has 6 nitrogen and oxygen atoms in total. The van der Waals surface area contributed by atoms with Gasteiger partial charge >= 0.3 is 5.97 Å². The smallest absolute Gasteiger partial charge is 0.341 e. The summed E-state index contributed by atoms with van der Waals surface area (Å²) in [4.78, 5) is 16.0. The molecule has 2 unspecified atom stereocenters. The van der Waals surface area contributed by atoms with Gasteiger partial charge < -0.3 is 9.47 Å². The monoisotopic (exact) mass is 381 g/mol. The normalized spacial score (nSPS) is 19.3. The van der Waals surface area contributed by atoms with E-state index in [2.05, 4.69) is 36.6 Å². The van der Waals surface area contributed by atoms with Crippen LogP contribution in [0, 0.1) is 11.3 Å². The Morgan fingerprint density at radius 1 is 1.48 bits per heavy atom. The minimum absolute atomic E-state index is 0.0701. The third-order valence-corrected chi connectivity index (χ3v) is 5.06. The molecule has 0 spiro atoms. The fourth-order valence-corrected chi connectivity index (χ4v) is 3.46. The standard InChI is InChI=1S/C17H20ClN3O3S/c1-4-23-15(22)10-5-6-12(19-14(10)18)21-8-7-13(20-21)24-16(25)11-9-17(11,2)3/h5-8,11,16,25H,4,9H2,1-3H3. The lowest BCUT2D eigenvalue weighted by molar-refractivity contribution is 0.0526. The van der Waals surface area contributed by atoms with Crippen LogP contribution in [0.2, 0.25) is 5.15 Å². The summed E-state index contributed by atoms with van der Waals surface area (Å²) in [7, 11) is 0. The van der Waals surface area contributed by atoms with Crippen molar-refractivity contribution in [2.24, 2.45) is 11.3 Å². The van der Waals surface area contributed by atoms with Gasteiger partial charge in [-0.2, -0.15) is 0 Å². The van der Waals surface area contributed by atoms with Crippen LogP contribution in [-0.4, -0.2) is 32.8 Å². The van der Waals surface area contributed by atoms with Gasteiger partial charge in [-0.3, -0.25) is 0 Å². The van der Waals surface area contributed by atoms with E-state index in [0.29, 0.717) is 17.6 Å². The number of ether oxygens (including phenoxy) is 2. The van der Waals surface area contributed by atoms with Crippen LogP contribution in [0.4, 0.5) is 0 Å². The summed E-state index contributed by atoms with van der Waals surface area (Å²) in [5, 5.41) is 4.41. The number of rotatable bonds is 6. The number of hydrogen-bond acceptors (Lipinski definition) is 6. The molecule has 2 aromatic rings. The number of hydrogen-bond donors (Lipinski definition) is 1. The van der Waals surface area contributed by atoms with Gasteiger partial charge in [0.1, 0.15) is 10.6 Å². The molecule has 0 aliphatic heterocycles. The highest BCUT2D eigenvalue weighted by molar-refractivity contribution is 7.80. The van der Waals surface area contributed by atoms with Gasteiger partial charge in [0.05, 0.1) is 12.2 Å². The van der Waals surface area contributed by atoms with Crippen molar-refractivity contribution in [3.8, 4) is 11.7 Å². The second kappa shape index (κ2) is 6.88. The second-order valence-corrected chi connectivity index (χ2v) is 7.50. The van der Waals surface area contributed by atoms with E-state index in [1.807, 2.05) is 0 Å². The van der Waals surface area contributed by atoms with E-state index in [-0.39, 0.29) is 28.2 Å². The molecule has 134 valence electrons. The molecule has 2 aromatic heterocycles. The van der Waals surface area contributed by atoms with Gasteiger partial charge in [-0.25, -0.2) is 14.5 Å². The summed E-state index contributed by atoms with van der Waals surface area (Å²) in [6.45, 7) is 6.40. The van der Waals surface area contributed by atoms with E-state index in [4.69, 9.17) is 21.1 Å². The van der Waals surface area contributed by atoms with E-state index in [1.165, 1.54) is 4.68 Å². The van der Waals surface area contributed by atoms with Crippen molar-refractivity contribution in [1.29, 1.82) is 0 Å². The molecule has 2 heterocycles. The van der Waals surface area contributed by atoms with Crippen molar-refractivity contribution < 1.29 is 14.3 Å². The maximum atomic E-state index is 11.8. The van der Waals surface area contributed by atoms with Crippen LogP contribution in [0.3, 0.4) is 0 Å². The maximum Gasteiger partial charge on any atom is 0.341 e. The lowest BCUT2D eigenvalue weighted by Gasteiger charge is -2.13. The minimum Gasteiger partial charge on any atom is -0.462 e. The molecule has 0 bridgehead atoms. The molecule has 8 heteroatoms. The van der Waals surface area contributed by atoms with E-state index in [9.17, 15) is 4.79 Å². The summed E-state index contributed by atoms with van der Waals surface area (Å²) in [5.74, 6) is 0.865. The maximum absolute atomic E-state index is 11.8. The zero-order chi connectivity index (χ0) is 18.2. The van der Waals surface area contributed by atoms with Crippen LogP contribution in [0.1, 0.15) is 37.6 Å². The van der Waals surface area contributed by atoms with Crippen LogP contribution < -0.4 is 4.74 Å². The van der Waals surface area contributed by atoms with Crippen molar-refractivity contribution in [1.82, 2.24) is 14.8 Å². The largest absolute Gasteiger partial charge is 0.462 e. The summed E-state index contributed by atoms with van der Waals surface area (Å²) >= 11 is 10.6. The van der Waals surface area contributed by atoms with Crippen LogP contribution in [0.5, 0.6) is 5.88 Å². The average Bonchev–Trinajstić information content (AvgIpc) is 2.97. The zero-order valence-electron chi connectivity index (χ0n) is 14.3. The summed E-state index contributed by atoms with van der Waals surface area (Å²) in [6.07, 6.45) is 2.81. The van der Waals surface area contributed by atoms with Gasteiger partial charge in [-0.05, 0) is 30.9 Å². The Morgan fingerprint density at radius 3 is 2.80 bits per heavy atom. The Labute approximate surface area is 156 Å². The molecule has 1 saturated carbocycles. The number of aromatic nitrogens is 3. The minimum atomic E-state index is -0.499. The van der Waals surface area contributed by atoms with E-state index in [0.717, 1.165) is 6.42 Å². The van der Waals surface area contributed by atoms with E-state index >= 15 is 0 Å². The number of pyridine rings is 1. The molecular weight excluding hydrogens is 362 g/mol. The molecule has 1 aliphatic rings. The fourth-order valence-electron chi connectivity index (χ4n) is 2.61. The molecule has 25 heavy (non-hydrogen) atoms. The highest BCUT2D eigenvalue weighted by atomic mass is 35.5. The SMILES string of the molecule is CCOC(=O)c1ccc(-n2ccc(OC(S)C3CC3(C)C)n2)nc1Cl. The highest BCUT2D eigenvalue weighted by Crippen LogP contribution is 2.55. The van der Waals surface area contributed by atoms with Gasteiger partial charge in [0.15, 0.2) is 5.82 Å². The highest BCUT2D eigenvalue weighted by Gasteiger charge is 2.50. The fraction of sp³-hybridized carbons (Fsp3) is 0.471. The Hall–Kier alpha value is -1.73. The Kier molecular flexibility index (Phi) is 4.97. The van der Waals surface area contributed by atoms with Crippen molar-refractivity contribution in [3.05, 3.63) is 35.1 Å². The van der Waals surface area contributed by atoms with Gasteiger partial charge in [-0.15, -0.1) is 17.7 Å². The number of carbonyl (C=O) groups excluding carboxylic acids is 1. The van der Waals surface area contributed by atoms with Crippen molar-refractivity contribution >= 4 is 30.2 Å². The molecule has 0 saturated heterocycles. The molecule has 0 N–H and O–H groups in total. The molecule has 0 aromatic carbocycles. The average molecular weight is 382 g/mol. The zero-order valence-corrected chi connectivity index (χ0v) is 15.9. The van der Waals surface area contributed by atoms with E-state index < -0.39 is 5.97 Å². The first kappa shape index (κ1) is 18.1. The molecular formula is C17H20ClN3O3S.